The van der Waals surface area contributed by atoms with Crippen LogP contribution >= 0.6 is 6.49 Å². The van der Waals surface area contributed by atoms with E-state index in [1.54, 1.807) is 0 Å². The highest BCUT2D eigenvalue weighted by atomic mass is 32.5. The summed E-state index contributed by atoms with van der Waals surface area (Å²) in [6.45, 7) is 1.85. The third-order valence-electron chi connectivity index (χ3n) is 1.25. The van der Waals surface area contributed by atoms with Crippen LogP contribution in [0.3, 0.4) is 0 Å². The van der Waals surface area contributed by atoms with Gasteiger partial charge in [0.15, 0.2) is 6.49 Å². The van der Waals surface area contributed by atoms with E-state index in [1.165, 1.54) is 0 Å². The quantitative estimate of drug-likeness (QED) is 0.553. The third-order valence-corrected chi connectivity index (χ3v) is 4.59. The van der Waals surface area contributed by atoms with Crippen LogP contribution in [0.4, 0.5) is 0 Å². The second kappa shape index (κ2) is 3.11. The molecule has 0 bridgehead atoms. The Morgan fingerprint density at radius 1 is 1.44 bits per heavy atom. The molecule has 0 atom stereocenters. The molecular weight excluding hydrogens is 155 g/mol. The molecule has 0 aromatic heterocycles. The van der Waals surface area contributed by atoms with Crippen molar-refractivity contribution in [2.45, 2.75) is 13.3 Å². The van der Waals surface area contributed by atoms with Gasteiger partial charge in [-0.05, 0) is 18.2 Å². The highest BCUT2D eigenvalue weighted by molar-refractivity contribution is 8.09. The third kappa shape index (κ3) is 2.01. The molecule has 0 aromatic carbocycles. The number of hydrogen-bond acceptors (Lipinski definition) is 3. The van der Waals surface area contributed by atoms with Crippen molar-refractivity contribution in [3.63, 3.8) is 0 Å². The van der Waals surface area contributed by atoms with Gasteiger partial charge < -0.3 is 9.05 Å². The summed E-state index contributed by atoms with van der Waals surface area (Å²) in [5.41, 5.74) is 0. The lowest BCUT2D eigenvalue weighted by atomic mass is 10.5. The van der Waals surface area contributed by atoms with Crippen LogP contribution in [0.2, 0.25) is 0 Å². The molecule has 2 nitrogen and oxygen atoms in total. The molecule has 1 fully saturated rings. The summed E-state index contributed by atoms with van der Waals surface area (Å²) < 4.78 is 10.6. The Kier molecular flexibility index (Phi) is 2.65. The van der Waals surface area contributed by atoms with Crippen molar-refractivity contribution < 1.29 is 9.05 Å². The topological polar surface area (TPSA) is 18.5 Å². The van der Waals surface area contributed by atoms with Crippen LogP contribution in [0.25, 0.3) is 0 Å². The summed E-state index contributed by atoms with van der Waals surface area (Å²) in [5, 5.41) is 0. The van der Waals surface area contributed by atoms with Crippen molar-refractivity contribution in [3.8, 4) is 0 Å². The summed E-state index contributed by atoms with van der Waals surface area (Å²) in [6, 6.07) is 0. The molecule has 1 aliphatic rings. The molecule has 0 amide bonds. The zero-order valence-electron chi connectivity index (χ0n) is 5.50. The Balaban J connectivity index is 2.47. The van der Waals surface area contributed by atoms with Crippen molar-refractivity contribution in [2.24, 2.45) is 0 Å². The van der Waals surface area contributed by atoms with Gasteiger partial charge in [0.25, 0.3) is 0 Å². The van der Waals surface area contributed by atoms with E-state index < -0.39 is 6.49 Å². The van der Waals surface area contributed by atoms with Crippen LogP contribution in [-0.2, 0) is 20.9 Å². The lowest BCUT2D eigenvalue weighted by molar-refractivity contribution is 0.180. The first kappa shape index (κ1) is 7.67. The lowest BCUT2D eigenvalue weighted by Gasteiger charge is -2.24. The van der Waals surface area contributed by atoms with Gasteiger partial charge in [-0.2, -0.15) is 0 Å². The average Bonchev–Trinajstić information content (AvgIpc) is 1.90. The molecular formula is C5H11O2PS. The van der Waals surface area contributed by atoms with Crippen LogP contribution in [0.1, 0.15) is 13.3 Å². The van der Waals surface area contributed by atoms with Crippen LogP contribution in [0.15, 0.2) is 0 Å². The van der Waals surface area contributed by atoms with Crippen LogP contribution in [-0.4, -0.2) is 19.4 Å². The summed E-state index contributed by atoms with van der Waals surface area (Å²) in [4.78, 5) is 0. The zero-order valence-corrected chi connectivity index (χ0v) is 7.21. The fourth-order valence-electron chi connectivity index (χ4n) is 0.686. The van der Waals surface area contributed by atoms with E-state index in [9.17, 15) is 0 Å². The van der Waals surface area contributed by atoms with E-state index in [0.717, 1.165) is 25.8 Å². The maximum atomic E-state index is 5.32. The standard InChI is InChI=1S/C5H11O2PS/c1-2-8(9)6-4-3-5-7-8/h2-5H2,1H3. The molecule has 0 unspecified atom stereocenters. The van der Waals surface area contributed by atoms with Crippen molar-refractivity contribution in [1.29, 1.82) is 0 Å². The first-order valence-corrected chi connectivity index (χ1v) is 5.97. The van der Waals surface area contributed by atoms with Gasteiger partial charge in [-0.15, -0.1) is 0 Å². The number of rotatable bonds is 1. The van der Waals surface area contributed by atoms with Crippen molar-refractivity contribution in [3.05, 3.63) is 0 Å². The van der Waals surface area contributed by atoms with Gasteiger partial charge in [0.1, 0.15) is 0 Å². The van der Waals surface area contributed by atoms with Gasteiger partial charge in [-0.25, -0.2) is 0 Å². The molecule has 54 valence electrons. The Morgan fingerprint density at radius 3 is 2.33 bits per heavy atom. The van der Waals surface area contributed by atoms with Crippen LogP contribution in [0, 0.1) is 0 Å². The minimum absolute atomic E-state index is 0.797. The van der Waals surface area contributed by atoms with E-state index in [4.69, 9.17) is 20.9 Å². The molecule has 0 spiro atoms. The van der Waals surface area contributed by atoms with E-state index >= 15 is 0 Å². The first-order valence-electron chi connectivity index (χ1n) is 3.15. The van der Waals surface area contributed by atoms with Crippen LogP contribution < -0.4 is 0 Å². The second-order valence-electron chi connectivity index (χ2n) is 1.95. The lowest BCUT2D eigenvalue weighted by Crippen LogP contribution is -2.08. The molecule has 4 heteroatoms. The Hall–Kier alpha value is 0.570. The van der Waals surface area contributed by atoms with Gasteiger partial charge in [0, 0.05) is 6.16 Å². The molecule has 0 N–H and O–H groups in total. The summed E-state index contributed by atoms with van der Waals surface area (Å²) in [5.74, 6) is 0. The van der Waals surface area contributed by atoms with Crippen LogP contribution in [0.5, 0.6) is 0 Å². The van der Waals surface area contributed by atoms with Gasteiger partial charge in [0.2, 0.25) is 0 Å². The zero-order chi connectivity index (χ0) is 6.74. The molecule has 1 heterocycles. The van der Waals surface area contributed by atoms with Gasteiger partial charge >= 0.3 is 0 Å². The van der Waals surface area contributed by atoms with Gasteiger partial charge in [0.05, 0.1) is 13.2 Å². The van der Waals surface area contributed by atoms with Gasteiger partial charge in [-0.3, -0.25) is 0 Å². The Bertz CT molecular complexity index is 127. The Morgan fingerprint density at radius 2 is 2.00 bits per heavy atom. The SMILES string of the molecule is CCP1(=S)OCCCO1. The molecule has 9 heavy (non-hydrogen) atoms. The van der Waals surface area contributed by atoms with E-state index in [0.29, 0.717) is 0 Å². The van der Waals surface area contributed by atoms with Gasteiger partial charge in [-0.1, -0.05) is 6.92 Å². The second-order valence-corrected chi connectivity index (χ2v) is 5.99. The van der Waals surface area contributed by atoms with Crippen molar-refractivity contribution in [2.75, 3.05) is 19.4 Å². The molecule has 0 aliphatic carbocycles. The highest BCUT2D eigenvalue weighted by Crippen LogP contribution is 2.50. The minimum atomic E-state index is -1.76. The maximum Gasteiger partial charge on any atom is 0.188 e. The predicted octanol–water partition coefficient (Wildman–Crippen LogP) is 1.75. The number of hydrogen-bond donors (Lipinski definition) is 0. The smallest absolute Gasteiger partial charge is 0.188 e. The van der Waals surface area contributed by atoms with E-state index in [-0.39, 0.29) is 0 Å². The monoisotopic (exact) mass is 166 g/mol. The summed E-state index contributed by atoms with van der Waals surface area (Å²) in [6.07, 6.45) is 1.86. The molecule has 1 aliphatic heterocycles. The summed E-state index contributed by atoms with van der Waals surface area (Å²) in [7, 11) is 0. The summed E-state index contributed by atoms with van der Waals surface area (Å²) >= 11 is 5.12. The maximum absolute atomic E-state index is 5.32. The van der Waals surface area contributed by atoms with E-state index in [1.807, 2.05) is 6.92 Å². The molecule has 0 aromatic rings. The molecule has 0 saturated carbocycles. The van der Waals surface area contributed by atoms with E-state index in [2.05, 4.69) is 0 Å². The first-order chi connectivity index (χ1) is 4.27. The minimum Gasteiger partial charge on any atom is -0.329 e. The van der Waals surface area contributed by atoms with Crippen molar-refractivity contribution >= 4 is 18.3 Å². The normalized spacial score (nSPS) is 25.9. The largest absolute Gasteiger partial charge is 0.329 e. The van der Waals surface area contributed by atoms with Crippen molar-refractivity contribution in [1.82, 2.24) is 0 Å². The predicted molar refractivity (Wildman–Crippen MR) is 41.3 cm³/mol. The molecule has 1 rings (SSSR count). The average molecular weight is 166 g/mol. The highest BCUT2D eigenvalue weighted by Gasteiger charge is 2.19. The molecule has 0 radical (unpaired) electrons. The fourth-order valence-corrected chi connectivity index (χ4v) is 2.39. The molecule has 1 saturated heterocycles. The fraction of sp³-hybridized carbons (Fsp3) is 1.00. The Labute approximate surface area is 60.7 Å².